The summed E-state index contributed by atoms with van der Waals surface area (Å²) in [6.07, 6.45) is 2.21. The Balaban J connectivity index is 1.34. The molecule has 2 amide bonds. The van der Waals surface area contributed by atoms with E-state index in [2.05, 4.69) is 0 Å². The molecule has 1 aromatic rings. The summed E-state index contributed by atoms with van der Waals surface area (Å²) in [6, 6.07) is 7.48. The van der Waals surface area contributed by atoms with Crippen molar-refractivity contribution in [3.05, 3.63) is 29.8 Å². The van der Waals surface area contributed by atoms with Gasteiger partial charge in [-0.2, -0.15) is 0 Å². The molecule has 1 aromatic carbocycles. The number of rotatable bonds is 3. The second-order valence-corrected chi connectivity index (χ2v) is 9.97. The lowest BCUT2D eigenvalue weighted by molar-refractivity contribution is -0.925. The topological polar surface area (TPSA) is 79.2 Å². The maximum Gasteiger partial charge on any atom is 0.254 e. The minimum Gasteiger partial charge on any atom is -0.329 e. The molecule has 1 N–H and O–H groups in total. The van der Waals surface area contributed by atoms with E-state index >= 15 is 0 Å². The van der Waals surface area contributed by atoms with Gasteiger partial charge in [-0.15, -0.1) is 0 Å². The minimum atomic E-state index is -2.86. The minimum absolute atomic E-state index is 0.00684. The van der Waals surface area contributed by atoms with Crippen LogP contribution in [0, 0.1) is 0 Å². The summed E-state index contributed by atoms with van der Waals surface area (Å²) in [4.78, 5) is 29.5. The van der Waals surface area contributed by atoms with Gasteiger partial charge < -0.3 is 14.7 Å². The highest BCUT2D eigenvalue weighted by Gasteiger charge is 2.37. The van der Waals surface area contributed by atoms with Crippen LogP contribution in [-0.4, -0.2) is 75.4 Å². The predicted molar refractivity (Wildman–Crippen MR) is 102 cm³/mol. The van der Waals surface area contributed by atoms with Crippen LogP contribution in [0.3, 0.4) is 0 Å². The molecule has 0 radical (unpaired) electrons. The van der Waals surface area contributed by atoms with E-state index in [4.69, 9.17) is 0 Å². The molecule has 27 heavy (non-hydrogen) atoms. The van der Waals surface area contributed by atoms with Crippen LogP contribution in [0.4, 0.5) is 5.69 Å². The Bertz CT molecular complexity index is 829. The Morgan fingerprint density at radius 2 is 1.78 bits per heavy atom. The maximum absolute atomic E-state index is 12.8. The first kappa shape index (κ1) is 18.4. The number of carbonyl (C=O) groups excluding carboxylic acids is 2. The summed E-state index contributed by atoms with van der Waals surface area (Å²) in [5.41, 5.74) is 1.49. The van der Waals surface area contributed by atoms with Crippen molar-refractivity contribution < 1.29 is 22.9 Å². The van der Waals surface area contributed by atoms with Gasteiger partial charge >= 0.3 is 0 Å². The van der Waals surface area contributed by atoms with Crippen molar-refractivity contribution in [2.75, 3.05) is 49.1 Å². The molecular formula is C19H26N3O4S+. The number of nitrogens with one attached hydrogen (secondary N) is 1. The molecule has 0 spiro atoms. The van der Waals surface area contributed by atoms with Crippen molar-refractivity contribution in [2.45, 2.75) is 25.3 Å². The lowest BCUT2D eigenvalue weighted by Crippen LogP contribution is -3.18. The molecule has 3 aliphatic heterocycles. The predicted octanol–water partition coefficient (Wildman–Crippen LogP) is -0.659. The Hall–Kier alpha value is -1.93. The molecular weight excluding hydrogens is 366 g/mol. The number of hydrogen-bond acceptors (Lipinski definition) is 4. The van der Waals surface area contributed by atoms with Crippen LogP contribution in [0.1, 0.15) is 29.6 Å². The van der Waals surface area contributed by atoms with E-state index < -0.39 is 9.84 Å². The molecule has 3 aliphatic rings. The molecule has 0 aliphatic carbocycles. The largest absolute Gasteiger partial charge is 0.329 e. The van der Waals surface area contributed by atoms with E-state index in [9.17, 15) is 18.0 Å². The van der Waals surface area contributed by atoms with Gasteiger partial charge in [0.15, 0.2) is 9.84 Å². The molecule has 3 fully saturated rings. The van der Waals surface area contributed by atoms with E-state index in [1.165, 1.54) is 4.90 Å². The average molecular weight is 393 g/mol. The summed E-state index contributed by atoms with van der Waals surface area (Å²) in [7, 11) is -2.86. The van der Waals surface area contributed by atoms with Crippen LogP contribution < -0.4 is 9.80 Å². The molecule has 0 unspecified atom stereocenters. The Labute approximate surface area is 159 Å². The van der Waals surface area contributed by atoms with Crippen molar-refractivity contribution >= 4 is 27.3 Å². The van der Waals surface area contributed by atoms with Crippen LogP contribution in [0.5, 0.6) is 0 Å². The van der Waals surface area contributed by atoms with E-state index in [-0.39, 0.29) is 23.6 Å². The van der Waals surface area contributed by atoms with Gasteiger partial charge in [-0.05, 0) is 30.7 Å². The normalized spacial score (nSPS) is 25.9. The molecule has 0 saturated carbocycles. The molecule has 3 saturated heterocycles. The van der Waals surface area contributed by atoms with Gasteiger partial charge in [-0.3, -0.25) is 9.59 Å². The van der Waals surface area contributed by atoms with Gasteiger partial charge in [0.1, 0.15) is 11.8 Å². The lowest BCUT2D eigenvalue weighted by atomic mass is 10.1. The fourth-order valence-electron chi connectivity index (χ4n) is 4.41. The number of carbonyl (C=O) groups is 2. The summed E-state index contributed by atoms with van der Waals surface area (Å²) < 4.78 is 23.4. The Morgan fingerprint density at radius 3 is 2.33 bits per heavy atom. The highest BCUT2D eigenvalue weighted by atomic mass is 32.2. The second kappa shape index (κ2) is 7.24. The van der Waals surface area contributed by atoms with E-state index in [1.807, 2.05) is 17.0 Å². The van der Waals surface area contributed by atoms with Gasteiger partial charge in [-0.1, -0.05) is 0 Å². The maximum atomic E-state index is 12.8. The Kier molecular flexibility index (Phi) is 4.94. The summed E-state index contributed by atoms with van der Waals surface area (Å²) in [5, 5.41) is 0. The van der Waals surface area contributed by atoms with Crippen LogP contribution in [0.15, 0.2) is 24.3 Å². The van der Waals surface area contributed by atoms with Crippen molar-refractivity contribution in [3.8, 4) is 0 Å². The molecule has 146 valence electrons. The van der Waals surface area contributed by atoms with Crippen LogP contribution in [-0.2, 0) is 14.6 Å². The zero-order valence-electron chi connectivity index (χ0n) is 15.4. The Morgan fingerprint density at radius 1 is 1.07 bits per heavy atom. The summed E-state index contributed by atoms with van der Waals surface area (Å²) in [6.45, 7) is 3.64. The lowest BCUT2D eigenvalue weighted by Gasteiger charge is -2.35. The molecule has 0 bridgehead atoms. The molecule has 4 rings (SSSR count). The van der Waals surface area contributed by atoms with Crippen molar-refractivity contribution in [1.29, 1.82) is 0 Å². The average Bonchev–Trinajstić information content (AvgIpc) is 3.26. The van der Waals surface area contributed by atoms with E-state index in [0.29, 0.717) is 30.8 Å². The molecule has 3 heterocycles. The number of piperazine rings is 1. The summed E-state index contributed by atoms with van der Waals surface area (Å²) in [5.74, 6) is 0.734. The molecule has 1 atom stereocenters. The van der Waals surface area contributed by atoms with Crippen LogP contribution in [0.2, 0.25) is 0 Å². The fraction of sp³-hybridized carbons (Fsp3) is 0.579. The van der Waals surface area contributed by atoms with E-state index in [0.717, 1.165) is 38.2 Å². The number of nitrogens with zero attached hydrogens (tertiary/aromatic N) is 2. The number of hydrogen-bond donors (Lipinski definition) is 1. The van der Waals surface area contributed by atoms with Gasteiger partial charge in [0.05, 0.1) is 31.9 Å². The van der Waals surface area contributed by atoms with Gasteiger partial charge in [-0.25, -0.2) is 8.42 Å². The van der Waals surface area contributed by atoms with Gasteiger partial charge in [0.25, 0.3) is 5.91 Å². The van der Waals surface area contributed by atoms with Gasteiger partial charge in [0, 0.05) is 30.6 Å². The van der Waals surface area contributed by atoms with Crippen molar-refractivity contribution in [1.82, 2.24) is 4.90 Å². The molecule has 0 aromatic heterocycles. The number of quaternary nitrogens is 1. The zero-order valence-corrected chi connectivity index (χ0v) is 16.2. The van der Waals surface area contributed by atoms with Crippen LogP contribution in [0.25, 0.3) is 0 Å². The molecule has 8 heteroatoms. The van der Waals surface area contributed by atoms with Crippen molar-refractivity contribution in [3.63, 3.8) is 0 Å². The van der Waals surface area contributed by atoms with Crippen LogP contribution >= 0.6 is 0 Å². The first-order valence-electron chi connectivity index (χ1n) is 9.68. The third-order valence-electron chi connectivity index (χ3n) is 6.00. The third kappa shape index (κ3) is 3.87. The second-order valence-electron chi connectivity index (χ2n) is 7.75. The first-order valence-corrected chi connectivity index (χ1v) is 11.5. The van der Waals surface area contributed by atoms with Crippen molar-refractivity contribution in [2.24, 2.45) is 0 Å². The number of benzene rings is 1. The van der Waals surface area contributed by atoms with E-state index in [1.54, 1.807) is 17.0 Å². The number of amides is 2. The molecule has 7 nitrogen and oxygen atoms in total. The number of anilines is 1. The first-order chi connectivity index (χ1) is 12.9. The highest BCUT2D eigenvalue weighted by Crippen LogP contribution is 2.22. The summed E-state index contributed by atoms with van der Waals surface area (Å²) >= 11 is 0. The quantitative estimate of drug-likeness (QED) is 0.741. The smallest absolute Gasteiger partial charge is 0.254 e. The monoisotopic (exact) mass is 392 g/mol. The third-order valence-corrected chi connectivity index (χ3v) is 7.77. The number of sulfone groups is 1. The van der Waals surface area contributed by atoms with Gasteiger partial charge in [0.2, 0.25) is 5.91 Å². The standard InChI is InChI=1S/C19H25N3O4S/c23-18-2-1-8-22(18)16-5-3-15(4-6-16)19(24)21-11-9-20(10-12-21)17-7-13-27(25,26)14-17/h3-6,17H,1-2,7-14H2/p+1/t17-/m0/s1. The fourth-order valence-corrected chi connectivity index (χ4v) is 6.24. The SMILES string of the molecule is O=C(c1ccc(N2CCCC2=O)cc1)N1CC[NH+]([C@H]2CCS(=O)(=O)C2)CC1. The highest BCUT2D eigenvalue weighted by molar-refractivity contribution is 7.91. The zero-order chi connectivity index (χ0) is 19.0.